The standard InChI is InChI=1S/C17H28N2O/c1-5-15-6-8-16(9-7-15)17(18-4)14(3)19-10-11-20-12-13(19)2/h6-9,13-14,17-18H,5,10-12H2,1-4H3. The molecule has 0 spiro atoms. The molecule has 0 aliphatic carbocycles. The van der Waals surface area contributed by atoms with Crippen LogP contribution in [0.1, 0.15) is 37.9 Å². The molecule has 0 amide bonds. The summed E-state index contributed by atoms with van der Waals surface area (Å²) < 4.78 is 5.55. The van der Waals surface area contributed by atoms with Crippen molar-refractivity contribution in [1.82, 2.24) is 10.2 Å². The van der Waals surface area contributed by atoms with Gasteiger partial charge in [-0.3, -0.25) is 4.90 Å². The first-order valence-electron chi connectivity index (χ1n) is 7.77. The van der Waals surface area contributed by atoms with E-state index in [2.05, 4.69) is 62.3 Å². The van der Waals surface area contributed by atoms with Crippen molar-refractivity contribution < 1.29 is 4.74 Å². The topological polar surface area (TPSA) is 24.5 Å². The number of hydrogen-bond donors (Lipinski definition) is 1. The Hall–Kier alpha value is -0.900. The highest BCUT2D eigenvalue weighted by molar-refractivity contribution is 5.26. The fraction of sp³-hybridized carbons (Fsp3) is 0.647. The number of nitrogens with one attached hydrogen (secondary N) is 1. The Morgan fingerprint density at radius 3 is 2.60 bits per heavy atom. The SMILES string of the molecule is CCc1ccc(C(NC)C(C)N2CCOCC2C)cc1. The van der Waals surface area contributed by atoms with Crippen molar-refractivity contribution in [2.45, 2.75) is 45.3 Å². The third-order valence-corrected chi connectivity index (χ3v) is 4.48. The van der Waals surface area contributed by atoms with Crippen molar-refractivity contribution in [2.24, 2.45) is 0 Å². The Kier molecular flexibility index (Phi) is 5.58. The first-order chi connectivity index (χ1) is 9.67. The summed E-state index contributed by atoms with van der Waals surface area (Å²) in [6.45, 7) is 9.48. The van der Waals surface area contributed by atoms with E-state index in [4.69, 9.17) is 4.74 Å². The zero-order valence-electron chi connectivity index (χ0n) is 13.2. The molecule has 1 saturated heterocycles. The summed E-state index contributed by atoms with van der Waals surface area (Å²) in [5.74, 6) is 0. The number of morpholine rings is 1. The van der Waals surface area contributed by atoms with E-state index in [-0.39, 0.29) is 0 Å². The highest BCUT2D eigenvalue weighted by Crippen LogP contribution is 2.24. The van der Waals surface area contributed by atoms with E-state index >= 15 is 0 Å². The van der Waals surface area contributed by atoms with Gasteiger partial charge < -0.3 is 10.1 Å². The third-order valence-electron chi connectivity index (χ3n) is 4.48. The van der Waals surface area contributed by atoms with Gasteiger partial charge in [-0.15, -0.1) is 0 Å². The van der Waals surface area contributed by atoms with Gasteiger partial charge in [-0.1, -0.05) is 31.2 Å². The maximum absolute atomic E-state index is 5.55. The van der Waals surface area contributed by atoms with Crippen molar-refractivity contribution in [3.8, 4) is 0 Å². The Labute approximate surface area is 123 Å². The van der Waals surface area contributed by atoms with Gasteiger partial charge in [-0.05, 0) is 38.4 Å². The molecule has 1 aliphatic heterocycles. The molecule has 0 aromatic heterocycles. The van der Waals surface area contributed by atoms with Crippen molar-refractivity contribution in [3.05, 3.63) is 35.4 Å². The molecule has 20 heavy (non-hydrogen) atoms. The molecule has 3 atom stereocenters. The maximum atomic E-state index is 5.55. The maximum Gasteiger partial charge on any atom is 0.0619 e. The summed E-state index contributed by atoms with van der Waals surface area (Å²) in [4.78, 5) is 2.55. The average molecular weight is 276 g/mol. The minimum Gasteiger partial charge on any atom is -0.379 e. The number of nitrogens with zero attached hydrogens (tertiary/aromatic N) is 1. The third kappa shape index (κ3) is 3.40. The van der Waals surface area contributed by atoms with E-state index in [9.17, 15) is 0 Å². The second-order valence-corrected chi connectivity index (χ2v) is 5.76. The Balaban J connectivity index is 2.13. The van der Waals surface area contributed by atoms with E-state index in [0.717, 1.165) is 26.2 Å². The van der Waals surface area contributed by atoms with Gasteiger partial charge in [0.25, 0.3) is 0 Å². The lowest BCUT2D eigenvalue weighted by Gasteiger charge is -2.41. The molecular weight excluding hydrogens is 248 g/mol. The smallest absolute Gasteiger partial charge is 0.0619 e. The second kappa shape index (κ2) is 7.21. The van der Waals surface area contributed by atoms with Crippen LogP contribution in [-0.2, 0) is 11.2 Å². The lowest BCUT2D eigenvalue weighted by Crippen LogP contribution is -2.52. The molecule has 112 valence electrons. The van der Waals surface area contributed by atoms with E-state index in [1.807, 2.05) is 0 Å². The molecule has 3 unspecified atom stereocenters. The fourth-order valence-corrected chi connectivity index (χ4v) is 3.18. The summed E-state index contributed by atoms with van der Waals surface area (Å²) in [5, 5.41) is 3.49. The molecule has 1 aliphatic rings. The molecule has 2 rings (SSSR count). The molecule has 0 bridgehead atoms. The highest BCUT2D eigenvalue weighted by Gasteiger charge is 2.29. The number of rotatable bonds is 5. The van der Waals surface area contributed by atoms with Gasteiger partial charge in [-0.2, -0.15) is 0 Å². The monoisotopic (exact) mass is 276 g/mol. The number of ether oxygens (including phenoxy) is 1. The summed E-state index contributed by atoms with van der Waals surface area (Å²) >= 11 is 0. The normalized spacial score (nSPS) is 23.5. The van der Waals surface area contributed by atoms with Crippen molar-refractivity contribution >= 4 is 0 Å². The highest BCUT2D eigenvalue weighted by atomic mass is 16.5. The Morgan fingerprint density at radius 2 is 2.05 bits per heavy atom. The van der Waals surface area contributed by atoms with Crippen LogP contribution in [0.5, 0.6) is 0 Å². The molecule has 1 aromatic rings. The van der Waals surface area contributed by atoms with Gasteiger partial charge in [0, 0.05) is 24.7 Å². The van der Waals surface area contributed by atoms with Crippen LogP contribution in [0.4, 0.5) is 0 Å². The summed E-state index contributed by atoms with van der Waals surface area (Å²) in [5.41, 5.74) is 2.77. The molecule has 1 aromatic carbocycles. The average Bonchev–Trinajstić information content (AvgIpc) is 2.49. The molecule has 3 heteroatoms. The fourth-order valence-electron chi connectivity index (χ4n) is 3.18. The molecule has 1 fully saturated rings. The van der Waals surface area contributed by atoms with Gasteiger partial charge >= 0.3 is 0 Å². The lowest BCUT2D eigenvalue weighted by atomic mass is 9.96. The van der Waals surface area contributed by atoms with Crippen molar-refractivity contribution in [1.29, 1.82) is 0 Å². The summed E-state index contributed by atoms with van der Waals surface area (Å²) in [6, 6.07) is 10.3. The second-order valence-electron chi connectivity index (χ2n) is 5.76. The zero-order valence-corrected chi connectivity index (χ0v) is 13.2. The number of likely N-dealkylation sites (N-methyl/N-ethyl adjacent to an activating group) is 1. The van der Waals surface area contributed by atoms with E-state index in [1.54, 1.807) is 0 Å². The van der Waals surface area contributed by atoms with Gasteiger partial charge in [0.05, 0.1) is 13.2 Å². The van der Waals surface area contributed by atoms with Crippen LogP contribution in [0, 0.1) is 0 Å². The largest absolute Gasteiger partial charge is 0.379 e. The number of aryl methyl sites for hydroxylation is 1. The van der Waals surface area contributed by atoms with Crippen LogP contribution in [0.15, 0.2) is 24.3 Å². The van der Waals surface area contributed by atoms with Crippen LogP contribution < -0.4 is 5.32 Å². The summed E-state index contributed by atoms with van der Waals surface area (Å²) in [7, 11) is 2.06. The van der Waals surface area contributed by atoms with Crippen LogP contribution in [0.25, 0.3) is 0 Å². The number of benzene rings is 1. The van der Waals surface area contributed by atoms with Crippen LogP contribution in [0.2, 0.25) is 0 Å². The minimum absolute atomic E-state index is 0.362. The van der Waals surface area contributed by atoms with Crippen molar-refractivity contribution in [3.63, 3.8) is 0 Å². The molecule has 3 nitrogen and oxygen atoms in total. The van der Waals surface area contributed by atoms with Gasteiger partial charge in [0.1, 0.15) is 0 Å². The molecule has 1 heterocycles. The Morgan fingerprint density at radius 1 is 1.35 bits per heavy atom. The van der Waals surface area contributed by atoms with Crippen LogP contribution in [0.3, 0.4) is 0 Å². The van der Waals surface area contributed by atoms with Crippen LogP contribution >= 0.6 is 0 Å². The van der Waals surface area contributed by atoms with E-state index in [1.165, 1.54) is 11.1 Å². The predicted octanol–water partition coefficient (Wildman–Crippen LogP) is 2.62. The lowest BCUT2D eigenvalue weighted by molar-refractivity contribution is -0.0254. The number of hydrogen-bond acceptors (Lipinski definition) is 3. The first kappa shape index (κ1) is 15.5. The first-order valence-corrected chi connectivity index (χ1v) is 7.77. The van der Waals surface area contributed by atoms with E-state index in [0.29, 0.717) is 18.1 Å². The molecule has 1 N–H and O–H groups in total. The minimum atomic E-state index is 0.362. The Bertz CT molecular complexity index is 404. The predicted molar refractivity (Wildman–Crippen MR) is 84.1 cm³/mol. The van der Waals surface area contributed by atoms with Gasteiger partial charge in [0.15, 0.2) is 0 Å². The zero-order chi connectivity index (χ0) is 14.5. The molecule has 0 radical (unpaired) electrons. The van der Waals surface area contributed by atoms with Gasteiger partial charge in [0.2, 0.25) is 0 Å². The van der Waals surface area contributed by atoms with Gasteiger partial charge in [-0.25, -0.2) is 0 Å². The molecular formula is C17H28N2O. The van der Waals surface area contributed by atoms with Crippen molar-refractivity contribution in [2.75, 3.05) is 26.8 Å². The quantitative estimate of drug-likeness (QED) is 0.895. The summed E-state index contributed by atoms with van der Waals surface area (Å²) in [6.07, 6.45) is 1.10. The van der Waals surface area contributed by atoms with E-state index < -0.39 is 0 Å². The molecule has 0 saturated carbocycles. The van der Waals surface area contributed by atoms with Crippen LogP contribution in [-0.4, -0.2) is 43.8 Å².